The third kappa shape index (κ3) is 7.63. The van der Waals surface area contributed by atoms with Crippen LogP contribution in [-0.4, -0.2) is 93.1 Å². The Morgan fingerprint density at radius 2 is 1.11 bits per heavy atom. The van der Waals surface area contributed by atoms with Crippen molar-refractivity contribution in [2.24, 2.45) is 0 Å². The predicted octanol–water partition coefficient (Wildman–Crippen LogP) is 3.05. The smallest absolute Gasteiger partial charge is 0.302 e. The van der Waals surface area contributed by atoms with E-state index in [4.69, 9.17) is 28.4 Å². The van der Waals surface area contributed by atoms with Gasteiger partial charge in [0.15, 0.2) is 12.6 Å². The Morgan fingerprint density at radius 1 is 0.705 bits per heavy atom. The van der Waals surface area contributed by atoms with E-state index in [1.807, 2.05) is 74.8 Å². The lowest BCUT2D eigenvalue weighted by molar-refractivity contribution is -0.177. The largest absolute Gasteiger partial charge is 0.463 e. The summed E-state index contributed by atoms with van der Waals surface area (Å²) in [6.45, 7) is 7.55. The summed E-state index contributed by atoms with van der Waals surface area (Å²) in [5.74, 6) is -0.787. The molecule has 4 heterocycles. The molecular formula is C30H36N6O8. The van der Waals surface area contributed by atoms with Crippen LogP contribution in [0.4, 0.5) is 0 Å². The molecule has 234 valence electrons. The van der Waals surface area contributed by atoms with Crippen molar-refractivity contribution in [2.45, 2.75) is 64.6 Å². The molecule has 0 amide bonds. The van der Waals surface area contributed by atoms with E-state index in [1.54, 1.807) is 9.36 Å². The standard InChI is InChI=1S/C30H36N6O8/c1-5-39-29-13-11-25(27(43-29)17-41-19(3)37)35-15-23(31-33-35)21-7-9-22(10-8-21)24-16-36(34-32-24)26-12-14-30(40-6-2)44-28(26)18-42-20(4)38/h7-16,25-30H,5-6,17-18H2,1-4H3/t25-,26-,27+,28+,29-,30-/m0/s1. The molecule has 2 aliphatic rings. The number of esters is 2. The molecule has 44 heavy (non-hydrogen) atoms. The van der Waals surface area contributed by atoms with Crippen LogP contribution < -0.4 is 0 Å². The van der Waals surface area contributed by atoms with E-state index in [2.05, 4.69) is 20.6 Å². The molecule has 0 radical (unpaired) electrons. The zero-order chi connectivity index (χ0) is 31.1. The minimum absolute atomic E-state index is 0.0544. The Morgan fingerprint density at radius 3 is 1.48 bits per heavy atom. The number of rotatable bonds is 12. The number of hydrogen-bond donors (Lipinski definition) is 0. The fraction of sp³-hybridized carbons (Fsp3) is 0.467. The molecule has 0 saturated carbocycles. The summed E-state index contributed by atoms with van der Waals surface area (Å²) in [6.07, 6.45) is 9.05. The fourth-order valence-corrected chi connectivity index (χ4v) is 4.88. The third-order valence-electron chi connectivity index (χ3n) is 6.98. The fourth-order valence-electron chi connectivity index (χ4n) is 4.88. The molecule has 5 rings (SSSR count). The van der Waals surface area contributed by atoms with Gasteiger partial charge in [0.25, 0.3) is 0 Å². The molecule has 14 heteroatoms. The van der Waals surface area contributed by atoms with Crippen molar-refractivity contribution >= 4 is 11.9 Å². The minimum Gasteiger partial charge on any atom is -0.463 e. The summed E-state index contributed by atoms with van der Waals surface area (Å²) < 4.78 is 36.9. The first-order valence-electron chi connectivity index (χ1n) is 14.5. The average Bonchev–Trinajstić information content (AvgIpc) is 3.71. The van der Waals surface area contributed by atoms with Gasteiger partial charge >= 0.3 is 11.9 Å². The molecule has 0 unspecified atom stereocenters. The summed E-state index contributed by atoms with van der Waals surface area (Å²) >= 11 is 0. The highest BCUT2D eigenvalue weighted by atomic mass is 16.7. The molecule has 0 fully saturated rings. The Labute approximate surface area is 254 Å². The quantitative estimate of drug-likeness (QED) is 0.220. The molecule has 1 aromatic carbocycles. The number of carbonyl (C=O) groups excluding carboxylic acids is 2. The van der Waals surface area contributed by atoms with Crippen LogP contribution in [0.25, 0.3) is 22.5 Å². The molecule has 14 nitrogen and oxygen atoms in total. The first-order chi connectivity index (χ1) is 21.3. The number of nitrogens with zero attached hydrogens (tertiary/aromatic N) is 6. The maximum Gasteiger partial charge on any atom is 0.302 e. The Kier molecular flexibility index (Phi) is 10.3. The molecule has 2 aliphatic heterocycles. The number of carbonyl (C=O) groups is 2. The van der Waals surface area contributed by atoms with Crippen molar-refractivity contribution in [1.29, 1.82) is 0 Å². The van der Waals surface area contributed by atoms with Crippen molar-refractivity contribution in [3.8, 4) is 22.5 Å². The second-order valence-corrected chi connectivity index (χ2v) is 10.1. The zero-order valence-electron chi connectivity index (χ0n) is 25.0. The van der Waals surface area contributed by atoms with Gasteiger partial charge in [-0.05, 0) is 26.0 Å². The van der Waals surface area contributed by atoms with Gasteiger partial charge in [0.1, 0.15) is 48.9 Å². The van der Waals surface area contributed by atoms with Crippen molar-refractivity contribution < 1.29 is 38.0 Å². The molecule has 2 aromatic heterocycles. The van der Waals surface area contributed by atoms with E-state index < -0.39 is 36.7 Å². The molecule has 6 atom stereocenters. The van der Waals surface area contributed by atoms with E-state index >= 15 is 0 Å². The normalized spacial score (nSPS) is 24.7. The average molecular weight is 609 g/mol. The van der Waals surface area contributed by atoms with Gasteiger partial charge in [-0.3, -0.25) is 9.59 Å². The van der Waals surface area contributed by atoms with E-state index in [9.17, 15) is 9.59 Å². The molecule has 0 saturated heterocycles. The molecule has 0 bridgehead atoms. The van der Waals surface area contributed by atoms with Crippen molar-refractivity contribution in [2.75, 3.05) is 26.4 Å². The second-order valence-electron chi connectivity index (χ2n) is 10.1. The highest BCUT2D eigenvalue weighted by molar-refractivity contribution is 5.66. The van der Waals surface area contributed by atoms with Gasteiger partial charge in [0.2, 0.25) is 0 Å². The van der Waals surface area contributed by atoms with Crippen molar-refractivity contribution in [1.82, 2.24) is 30.0 Å². The molecule has 0 spiro atoms. The van der Waals surface area contributed by atoms with E-state index in [0.717, 1.165) is 11.1 Å². The van der Waals surface area contributed by atoms with Gasteiger partial charge in [-0.1, -0.05) is 46.8 Å². The van der Waals surface area contributed by atoms with Crippen LogP contribution >= 0.6 is 0 Å². The Bertz CT molecular complexity index is 1360. The number of ether oxygens (including phenoxy) is 6. The summed E-state index contributed by atoms with van der Waals surface area (Å²) in [6, 6.07) is 7.03. The van der Waals surface area contributed by atoms with Gasteiger partial charge < -0.3 is 28.4 Å². The van der Waals surface area contributed by atoms with Gasteiger partial charge in [-0.25, -0.2) is 9.36 Å². The first kappa shape index (κ1) is 31.2. The summed E-state index contributed by atoms with van der Waals surface area (Å²) in [4.78, 5) is 22.9. The third-order valence-corrected chi connectivity index (χ3v) is 6.98. The Balaban J connectivity index is 1.29. The molecular weight excluding hydrogens is 572 g/mol. The van der Waals surface area contributed by atoms with Crippen LogP contribution in [0.15, 0.2) is 61.0 Å². The SMILES string of the molecule is CCO[C@@H]1C=C[C@H](n2cc(-c3ccc(-c4cn([C@H]5C=C[C@@H](OCC)O[C@@H]5COC(C)=O)nn4)cc3)nn2)[C@@H](COC(C)=O)O1. The monoisotopic (exact) mass is 608 g/mol. The van der Waals surface area contributed by atoms with Gasteiger partial charge in [-0.15, -0.1) is 10.2 Å². The zero-order valence-corrected chi connectivity index (χ0v) is 25.0. The van der Waals surface area contributed by atoms with E-state index in [1.165, 1.54) is 13.8 Å². The van der Waals surface area contributed by atoms with Crippen LogP contribution in [0, 0.1) is 0 Å². The second kappa shape index (κ2) is 14.5. The summed E-state index contributed by atoms with van der Waals surface area (Å²) in [7, 11) is 0. The van der Waals surface area contributed by atoms with E-state index in [-0.39, 0.29) is 25.3 Å². The first-order valence-corrected chi connectivity index (χ1v) is 14.5. The maximum atomic E-state index is 11.4. The van der Waals surface area contributed by atoms with E-state index in [0.29, 0.717) is 24.6 Å². The molecule has 3 aromatic rings. The topological polar surface area (TPSA) is 151 Å². The van der Waals surface area contributed by atoms with Crippen LogP contribution in [0.2, 0.25) is 0 Å². The number of benzene rings is 1. The number of hydrogen-bond acceptors (Lipinski definition) is 12. The maximum absolute atomic E-state index is 11.4. The van der Waals surface area contributed by atoms with Crippen LogP contribution in [0.1, 0.15) is 39.8 Å². The molecule has 0 aliphatic carbocycles. The van der Waals surface area contributed by atoms with Crippen LogP contribution in [-0.2, 0) is 38.0 Å². The summed E-state index contributed by atoms with van der Waals surface area (Å²) in [5.41, 5.74) is 3.02. The lowest BCUT2D eigenvalue weighted by Crippen LogP contribution is -2.38. The van der Waals surface area contributed by atoms with Crippen LogP contribution in [0.3, 0.4) is 0 Å². The lowest BCUT2D eigenvalue weighted by atomic mass is 10.1. The Hall–Kier alpha value is -4.24. The minimum atomic E-state index is -0.529. The van der Waals surface area contributed by atoms with Gasteiger partial charge in [-0.2, -0.15) is 0 Å². The predicted molar refractivity (Wildman–Crippen MR) is 155 cm³/mol. The van der Waals surface area contributed by atoms with Gasteiger partial charge in [0, 0.05) is 38.2 Å². The highest BCUT2D eigenvalue weighted by Gasteiger charge is 2.32. The van der Waals surface area contributed by atoms with Crippen LogP contribution in [0.5, 0.6) is 0 Å². The van der Waals surface area contributed by atoms with Gasteiger partial charge in [0.05, 0.1) is 12.4 Å². The molecule has 0 N–H and O–H groups in total. The summed E-state index contributed by atoms with van der Waals surface area (Å²) in [5, 5.41) is 17.4. The van der Waals surface area contributed by atoms with Crippen molar-refractivity contribution in [3.63, 3.8) is 0 Å². The van der Waals surface area contributed by atoms with Crippen molar-refractivity contribution in [3.05, 3.63) is 61.0 Å². The lowest BCUT2D eigenvalue weighted by Gasteiger charge is -2.31. The highest BCUT2D eigenvalue weighted by Crippen LogP contribution is 2.29. The number of aromatic nitrogens is 6.